The summed E-state index contributed by atoms with van der Waals surface area (Å²) in [6, 6.07) is 24.3. The fraction of sp³-hybridized carbons (Fsp3) is 0.449. The molecule has 0 radical (unpaired) electrons. The van der Waals surface area contributed by atoms with Gasteiger partial charge in [0.25, 0.3) is 0 Å². The molecular weight excluding hydrogens is 1770 g/mol. The number of benzene rings is 1. The summed E-state index contributed by atoms with van der Waals surface area (Å²) in [6.07, 6.45) is 14.1. The molecule has 12 aromatic rings. The Labute approximate surface area is 783 Å². The molecule has 0 aliphatic carbocycles. The molecule has 0 bridgehead atoms. The van der Waals surface area contributed by atoms with Crippen LogP contribution in [0.3, 0.4) is 0 Å². The summed E-state index contributed by atoms with van der Waals surface area (Å²) >= 11 is 11.1. The maximum absolute atomic E-state index is 6.04. The first-order valence-corrected chi connectivity index (χ1v) is 49.2. The Balaban J connectivity index is 0.000000147. The van der Waals surface area contributed by atoms with Gasteiger partial charge >= 0.3 is 6.01 Å². The predicted octanol–water partition coefficient (Wildman–Crippen LogP) is 15.4. The molecule has 40 heteroatoms. The molecule has 4 aliphatic heterocycles. The number of hydrogen-bond acceptors (Lipinski definition) is 40. The summed E-state index contributed by atoms with van der Waals surface area (Å²) in [5.41, 5.74) is 49.2. The quantitative estimate of drug-likeness (QED) is 0.0148. The number of nitrogens with two attached hydrogens (primary N) is 7. The summed E-state index contributed by atoms with van der Waals surface area (Å²) < 4.78 is 35.3. The smallest absolute Gasteiger partial charge is 0.319 e. The normalized spacial score (nSPS) is 15.5. The molecule has 1 aromatic carbocycles. The molecule has 0 spiro atoms. The number of likely N-dealkylation sites (N-methyl/N-ethyl adjacent to an activating group) is 1. The minimum absolute atomic E-state index is 0.0531. The Kier molecular flexibility index (Phi) is 35.1. The van der Waals surface area contributed by atoms with Crippen LogP contribution in [-0.2, 0) is 0 Å². The van der Waals surface area contributed by atoms with E-state index in [1.54, 1.807) is 95.3 Å². The van der Waals surface area contributed by atoms with E-state index in [4.69, 9.17) is 88.5 Å². The Hall–Kier alpha value is -10.2. The van der Waals surface area contributed by atoms with Gasteiger partial charge in [0, 0.05) is 161 Å². The highest BCUT2D eigenvalue weighted by atomic mass is 32.2. The molecule has 686 valence electrons. The van der Waals surface area contributed by atoms with Gasteiger partial charge in [-0.2, -0.15) is 4.98 Å². The molecule has 0 unspecified atom stereocenters. The van der Waals surface area contributed by atoms with Crippen molar-refractivity contribution in [3.63, 3.8) is 0 Å². The van der Waals surface area contributed by atoms with Gasteiger partial charge in [-0.3, -0.25) is 19.6 Å². The Morgan fingerprint density at radius 3 is 1.04 bits per heavy atom. The maximum Gasteiger partial charge on any atom is 0.319 e. The van der Waals surface area contributed by atoms with Crippen LogP contribution in [0.15, 0.2) is 113 Å². The highest BCUT2D eigenvalue weighted by molar-refractivity contribution is 7.99. The van der Waals surface area contributed by atoms with Gasteiger partial charge in [-0.25, -0.2) is 69.8 Å². The van der Waals surface area contributed by atoms with Gasteiger partial charge in [0.1, 0.15) is 93.3 Å². The zero-order valence-electron chi connectivity index (χ0n) is 75.0. The number of pyridine rings is 3. The molecule has 0 amide bonds. The Bertz CT molecular complexity index is 5380. The van der Waals surface area contributed by atoms with Gasteiger partial charge < -0.3 is 73.5 Å². The van der Waals surface area contributed by atoms with Crippen molar-refractivity contribution in [3.8, 4) is 77.4 Å². The summed E-state index contributed by atoms with van der Waals surface area (Å²) in [7, 11) is 3.82. The minimum Gasteiger partial charge on any atom is -0.493 e. The van der Waals surface area contributed by atoms with E-state index < -0.39 is 0 Å². The average Bonchev–Trinajstić information content (AvgIpc) is 1.70. The number of likely N-dealkylation sites (tertiary alicyclic amines) is 3. The molecule has 33 nitrogen and oxygen atoms in total. The molecule has 11 aromatic heterocycles. The molecule has 129 heavy (non-hydrogen) atoms. The molecule has 14 N–H and O–H groups in total. The van der Waals surface area contributed by atoms with Crippen molar-refractivity contribution in [1.29, 1.82) is 0 Å². The van der Waals surface area contributed by atoms with Crippen molar-refractivity contribution >= 4 is 121 Å². The van der Waals surface area contributed by atoms with Crippen molar-refractivity contribution in [1.82, 2.24) is 99.3 Å². The number of nitrogen functional groups attached to an aromatic ring is 7. The summed E-state index contributed by atoms with van der Waals surface area (Å²) in [4.78, 5) is 83.4. The van der Waals surface area contributed by atoms with Crippen LogP contribution in [0, 0.1) is 34.6 Å². The fourth-order valence-corrected chi connectivity index (χ4v) is 21.8. The van der Waals surface area contributed by atoms with Crippen LogP contribution in [0.25, 0.3) is 42.3 Å². The Morgan fingerprint density at radius 2 is 0.682 bits per heavy atom. The van der Waals surface area contributed by atoms with Crippen molar-refractivity contribution in [2.75, 3.05) is 172 Å². The topological polar surface area (TPSA) is 447 Å². The standard InChI is InChI=1S/C23H29N5O3S.C22H30N8OS2.2C22H29N7OS2/c1-14-12-20(24)26-23(25-14)31-15(2)21-16(3)32-22(27-21)17-6-7-18(29-4)19(13-17)30-11-10-28-8-5-9-28;1-14-20(15(2)33-22-26-17(23)13-18(24)27-22)28-21(32-14)16-4-5-25-19(12-16)31-11-10-30-8-6-29(3)7-9-30;2*1-14-20(15(2)32-22-26-17(23)13-18(24)27-22)28-21(31-14)16-6-7-25-19(12-16)30-11-10-29-8-4-3-5-9-29/h6-7,12-13,15H,5,8-11H2,1-4H3,(H2,24,25,26);4-5,12-13,15H,6-11H2,1-3H3,(H4,23,24,26,27);2*6-7,12-13,15H,3-5,8-11H2,1-2H3,(H4,23,24,26,27)/t4*15-/m0000/s1. The third-order valence-corrected chi connectivity index (χ3v) is 28.6. The molecule has 4 fully saturated rings. The zero-order chi connectivity index (χ0) is 91.0. The minimum atomic E-state index is -0.313. The number of piperidine rings is 2. The van der Waals surface area contributed by atoms with E-state index in [2.05, 4.69) is 128 Å². The number of aryl methyl sites for hydroxylation is 5. The lowest BCUT2D eigenvalue weighted by Gasteiger charge is -2.32. The lowest BCUT2D eigenvalue weighted by atomic mass is 10.1. The number of anilines is 7. The van der Waals surface area contributed by atoms with Gasteiger partial charge in [-0.1, -0.05) is 48.1 Å². The number of nitrogens with zero attached hydrogens (tertiary/aromatic N) is 20. The van der Waals surface area contributed by atoms with Crippen LogP contribution in [0.4, 0.5) is 40.7 Å². The summed E-state index contributed by atoms with van der Waals surface area (Å²) in [5, 5.41) is 5.55. The van der Waals surface area contributed by atoms with Crippen molar-refractivity contribution in [2.24, 2.45) is 0 Å². The van der Waals surface area contributed by atoms with E-state index in [1.807, 2.05) is 75.4 Å². The van der Waals surface area contributed by atoms with Gasteiger partial charge in [0.2, 0.25) is 17.6 Å². The fourth-order valence-electron chi connectivity index (χ4n) is 14.6. The van der Waals surface area contributed by atoms with E-state index in [0.29, 0.717) is 100 Å². The molecule has 16 rings (SSSR count). The van der Waals surface area contributed by atoms with E-state index >= 15 is 0 Å². The Morgan fingerprint density at radius 1 is 0.349 bits per heavy atom. The monoisotopic (exact) mass is 1880 g/mol. The van der Waals surface area contributed by atoms with Crippen LogP contribution < -0.4 is 68.6 Å². The van der Waals surface area contributed by atoms with Crippen LogP contribution in [0.1, 0.15) is 142 Å². The first-order chi connectivity index (χ1) is 62.2. The SMILES string of the molecule is COc1ccc(-c2nc([C@H](C)Oc3nc(C)cc(N)n3)c(C)s2)cc1OCCN1CCC1.Cc1sc(-c2ccnc(OCCN3CCCCC3)c2)nc1[C@H](C)Sc1nc(N)cc(N)n1.Cc1sc(-c2ccnc(OCCN3CCCCC3)c2)nc1[C@H](C)Sc1nc(N)cc(N)n1.Cc1sc(-c2ccnc(OCCN3CCN(C)CC3)c2)nc1[C@H](C)Sc1nc(N)cc(N)n1. The number of ether oxygens (including phenoxy) is 6. The molecule has 4 saturated heterocycles. The van der Waals surface area contributed by atoms with E-state index in [1.165, 1.54) is 106 Å². The second-order valence-corrected chi connectivity index (χ2v) is 40.4. The first kappa shape index (κ1) is 96.3. The predicted molar refractivity (Wildman–Crippen MR) is 522 cm³/mol. The van der Waals surface area contributed by atoms with Gasteiger partial charge in [-0.15, -0.1) is 45.3 Å². The van der Waals surface area contributed by atoms with Crippen LogP contribution >= 0.6 is 80.6 Å². The van der Waals surface area contributed by atoms with Crippen molar-refractivity contribution < 1.29 is 28.4 Å². The maximum atomic E-state index is 6.04. The van der Waals surface area contributed by atoms with Gasteiger partial charge in [-0.05, 0) is 177 Å². The van der Waals surface area contributed by atoms with Crippen molar-refractivity contribution in [2.45, 2.75) is 145 Å². The summed E-state index contributed by atoms with van der Waals surface area (Å²) in [5.74, 6) is 5.94. The van der Waals surface area contributed by atoms with Crippen molar-refractivity contribution in [3.05, 3.63) is 145 Å². The lowest BCUT2D eigenvalue weighted by Crippen LogP contribution is -2.45. The van der Waals surface area contributed by atoms with E-state index in [-0.39, 0.29) is 27.9 Å². The number of thioether (sulfide) groups is 3. The zero-order valence-corrected chi connectivity index (χ0v) is 80.7. The number of rotatable bonds is 33. The van der Waals surface area contributed by atoms with E-state index in [0.717, 1.165) is 167 Å². The third kappa shape index (κ3) is 28.6. The van der Waals surface area contributed by atoms with E-state index in [9.17, 15) is 0 Å². The molecular formula is C89H117N27O6S7. The largest absolute Gasteiger partial charge is 0.493 e. The van der Waals surface area contributed by atoms with Crippen LogP contribution in [-0.4, -0.2) is 231 Å². The van der Waals surface area contributed by atoms with Crippen LogP contribution in [0.2, 0.25) is 0 Å². The number of thiazole rings is 4. The second-order valence-electron chi connectivity index (χ2n) is 31.7. The molecule has 4 aliphatic rings. The molecule has 0 saturated carbocycles. The molecule has 4 atom stereocenters. The number of hydrogen-bond donors (Lipinski definition) is 7. The molecule has 15 heterocycles. The van der Waals surface area contributed by atoms with Gasteiger partial charge in [0.15, 0.2) is 27.0 Å². The third-order valence-electron chi connectivity index (χ3n) is 21.5. The number of aromatic nitrogens is 15. The van der Waals surface area contributed by atoms with Gasteiger partial charge in [0.05, 0.1) is 45.6 Å². The average molecular weight is 1890 g/mol. The second kappa shape index (κ2) is 47.0. The number of piperazine rings is 1. The lowest BCUT2D eigenvalue weighted by molar-refractivity contribution is 0.132. The van der Waals surface area contributed by atoms with Crippen LogP contribution in [0.5, 0.6) is 35.1 Å². The first-order valence-electron chi connectivity index (χ1n) is 43.3. The number of methoxy groups -OCH3 is 1. The summed E-state index contributed by atoms with van der Waals surface area (Å²) in [6.45, 7) is 35.9. The highest BCUT2D eigenvalue weighted by Gasteiger charge is 2.26. The highest BCUT2D eigenvalue weighted by Crippen LogP contribution is 2.44.